The summed E-state index contributed by atoms with van der Waals surface area (Å²) in [5.74, 6) is 4.52. The van der Waals surface area contributed by atoms with E-state index in [1.165, 1.54) is 0 Å². The molecule has 19 nitrogen and oxygen atoms in total. The molecule has 0 unspecified atom stereocenters. The van der Waals surface area contributed by atoms with Crippen molar-refractivity contribution in [2.45, 2.75) is 19.6 Å². The SMILES string of the molecule is [2H]c1c([2H])c([2H])c2c(oc3cc(N4c5cc(-c6nc7ccccc7o6)ccc5Oc5ccc(-c6nc7ccccc7o6)cc54)ccc32)c1[2H].c1ccc(-c2ccc3c(c2)oc2cc(N4c5ccc(-c6nc7ccccc7o6)cc5Sc5ccc(-c6nc7ccccc7o6)cc54)ccc23)cc1.c1ccc2oc(-c3ccc4c(c3)Sc3cc(-c5nc6ccccc6o5)ccc3N4c3ccc4c(c3)oc3ccccc34)nc2c1. The van der Waals surface area contributed by atoms with E-state index in [4.69, 9.17) is 79.9 Å². The summed E-state index contributed by atoms with van der Waals surface area (Å²) in [7, 11) is 0. The molecule has 0 spiro atoms. The molecule has 0 aliphatic carbocycles. The van der Waals surface area contributed by atoms with Gasteiger partial charge in [-0.05, 0) is 254 Å². The van der Waals surface area contributed by atoms with Crippen LogP contribution in [-0.2, 0) is 0 Å². The van der Waals surface area contributed by atoms with E-state index < -0.39 is 0 Å². The van der Waals surface area contributed by atoms with Gasteiger partial charge in [0.1, 0.15) is 66.6 Å². The van der Waals surface area contributed by atoms with Crippen LogP contribution in [-0.4, -0.2) is 29.9 Å². The molecule has 9 aromatic heterocycles. The number of rotatable bonds is 10. The van der Waals surface area contributed by atoms with Gasteiger partial charge in [0.2, 0.25) is 35.3 Å². The maximum absolute atomic E-state index is 8.55. The molecule has 0 radical (unpaired) electrons. The predicted octanol–water partition coefficient (Wildman–Crippen LogP) is 34.7. The molecule has 3 aliphatic rings. The number of aromatic nitrogens is 6. The highest BCUT2D eigenvalue weighted by atomic mass is 32.2. The lowest BCUT2D eigenvalue weighted by Gasteiger charge is -2.33. The van der Waals surface area contributed by atoms with E-state index in [0.717, 1.165) is 198 Å². The second-order valence-electron chi connectivity index (χ2n) is 34.5. The topological polar surface area (TPSA) is 215 Å². The summed E-state index contributed by atoms with van der Waals surface area (Å²) in [5.41, 5.74) is 29.0. The highest BCUT2D eigenvalue weighted by molar-refractivity contribution is 8.00. The van der Waals surface area contributed by atoms with Crippen molar-refractivity contribution in [1.29, 1.82) is 0 Å². The zero-order valence-corrected chi connectivity index (χ0v) is 75.4. The average molecular weight is 1860 g/mol. The Morgan fingerprint density at radius 2 is 0.496 bits per heavy atom. The monoisotopic (exact) mass is 1860 g/mol. The van der Waals surface area contributed by atoms with Gasteiger partial charge in [-0.2, -0.15) is 0 Å². The smallest absolute Gasteiger partial charge is 0.227 e. The summed E-state index contributed by atoms with van der Waals surface area (Å²) in [5, 5.41) is 5.30. The van der Waals surface area contributed by atoms with Crippen LogP contribution in [0, 0.1) is 0 Å². The second kappa shape index (κ2) is 32.0. The van der Waals surface area contributed by atoms with Crippen molar-refractivity contribution in [3.8, 4) is 91.4 Å². The third-order valence-electron chi connectivity index (χ3n) is 25.9. The normalized spacial score (nSPS) is 13.0. The highest BCUT2D eigenvalue weighted by Gasteiger charge is 2.34. The van der Waals surface area contributed by atoms with Crippen molar-refractivity contribution < 1.29 is 50.0 Å². The number of anilines is 9. The summed E-state index contributed by atoms with van der Waals surface area (Å²) in [6, 6.07) is 126. The van der Waals surface area contributed by atoms with Crippen molar-refractivity contribution in [1.82, 2.24) is 29.9 Å². The first-order valence-corrected chi connectivity index (χ1v) is 47.3. The minimum absolute atomic E-state index is 0.109. The van der Waals surface area contributed by atoms with Crippen LogP contribution < -0.4 is 19.4 Å². The van der Waals surface area contributed by atoms with Crippen LogP contribution in [0.25, 0.3) is 212 Å². The summed E-state index contributed by atoms with van der Waals surface area (Å²) in [6.07, 6.45) is 0. The van der Waals surface area contributed by atoms with E-state index >= 15 is 0 Å². The Morgan fingerprint density at radius 1 is 0.191 bits per heavy atom. The van der Waals surface area contributed by atoms with Gasteiger partial charge in [-0.1, -0.05) is 169 Å². The summed E-state index contributed by atoms with van der Waals surface area (Å²) in [6.45, 7) is 0. The van der Waals surface area contributed by atoms with Crippen LogP contribution in [0.1, 0.15) is 5.48 Å². The molecular weight excluding hydrogens is 1790 g/mol. The van der Waals surface area contributed by atoms with E-state index in [-0.39, 0.29) is 29.8 Å². The van der Waals surface area contributed by atoms with Gasteiger partial charge in [-0.3, -0.25) is 0 Å². The third-order valence-corrected chi connectivity index (χ3v) is 28.1. The maximum Gasteiger partial charge on any atom is 0.227 e. The van der Waals surface area contributed by atoms with Gasteiger partial charge < -0.3 is 59.2 Å². The van der Waals surface area contributed by atoms with Crippen LogP contribution in [0.15, 0.2) is 466 Å². The number of fused-ring (bicyclic) bond motifs is 21. The van der Waals surface area contributed by atoms with Gasteiger partial charge in [0.05, 0.1) is 45.3 Å². The Balaban J connectivity index is 0.000000103. The summed E-state index contributed by atoms with van der Waals surface area (Å²) in [4.78, 5) is 39.5. The molecule has 0 saturated carbocycles. The second-order valence-corrected chi connectivity index (χ2v) is 36.6. The number of hydrogen-bond donors (Lipinski definition) is 0. The van der Waals surface area contributed by atoms with Gasteiger partial charge in [0, 0.05) is 115 Å². The van der Waals surface area contributed by atoms with E-state index in [0.29, 0.717) is 91.4 Å². The molecule has 0 saturated heterocycles. The van der Waals surface area contributed by atoms with Gasteiger partial charge in [0.15, 0.2) is 45.0 Å². The Hall–Kier alpha value is -18.7. The molecule has 0 N–H and O–H groups in total. The lowest BCUT2D eigenvalue weighted by molar-refractivity contribution is 0.477. The van der Waals surface area contributed by atoms with Crippen LogP contribution in [0.5, 0.6) is 11.5 Å². The zero-order chi connectivity index (χ0) is 95.9. The third kappa shape index (κ3) is 13.7. The molecule has 0 atom stereocenters. The zero-order valence-electron chi connectivity index (χ0n) is 77.8. The van der Waals surface area contributed by atoms with E-state index in [1.54, 1.807) is 23.5 Å². The minimum Gasteiger partial charge on any atom is -0.456 e. The first kappa shape index (κ1) is 75.6. The van der Waals surface area contributed by atoms with Crippen molar-refractivity contribution in [3.63, 3.8) is 0 Å². The number of hydrogen-bond acceptors (Lipinski definition) is 21. The lowest BCUT2D eigenvalue weighted by atomic mass is 10.0. The van der Waals surface area contributed by atoms with E-state index in [9.17, 15) is 0 Å². The highest BCUT2D eigenvalue weighted by Crippen LogP contribution is 2.59. The minimum atomic E-state index is -0.341. The molecule has 19 aromatic carbocycles. The fraction of sp³-hybridized carbons (Fsp3) is 0. The Labute approximate surface area is 813 Å². The van der Waals surface area contributed by atoms with Crippen LogP contribution in [0.4, 0.5) is 51.2 Å². The fourth-order valence-corrected chi connectivity index (χ4v) is 21.4. The molecule has 3 aliphatic heterocycles. The number of oxazole rings is 6. The number of nitrogens with zero attached hydrogens (tertiary/aromatic N) is 9. The van der Waals surface area contributed by atoms with E-state index in [1.807, 2.05) is 229 Å². The Bertz CT molecular complexity index is 9820. The van der Waals surface area contributed by atoms with Gasteiger partial charge in [0.25, 0.3) is 0 Å². The summed E-state index contributed by atoms with van der Waals surface area (Å²) < 4.78 is 95.8. The molecule has 141 heavy (non-hydrogen) atoms. The largest absolute Gasteiger partial charge is 0.456 e. The van der Waals surface area contributed by atoms with E-state index in [2.05, 4.69) is 168 Å². The van der Waals surface area contributed by atoms with Crippen LogP contribution in [0.3, 0.4) is 0 Å². The van der Waals surface area contributed by atoms with Crippen molar-refractivity contribution >= 4 is 207 Å². The lowest BCUT2D eigenvalue weighted by Crippen LogP contribution is -2.16. The predicted molar refractivity (Wildman–Crippen MR) is 557 cm³/mol. The van der Waals surface area contributed by atoms with Crippen LogP contribution >= 0.6 is 23.5 Å². The van der Waals surface area contributed by atoms with Crippen molar-refractivity contribution in [2.24, 2.45) is 0 Å². The molecule has 21 heteroatoms. The standard InChI is InChI=1S/C44H25N3O3S.C38H21N3O4.C38H21N3O3S/c1-2-8-26(9-3-1)27-14-18-31-32-19-17-30(25-40(32)48-39(31)23-27)47-35-20-15-29(44-46-34-11-5-7-13-38(34)50-44)24-42(35)51-41-21-16-28(22-36(41)47)43-45-33-10-4-6-12-37(33)49-43;1-4-10-31-25(7-1)26-16-15-24(21-36(26)42-31)41-29-19-22(37-39-27-8-2-5-11-32(27)44-37)13-17-34(29)43-35-18-14-23(20-30(35)41)38-40-28-9-3-6-12-33(28)45-38;1-4-10-31-25(7-1)26-16-15-24(21-34(26)42-31)41-29-17-13-22(37-39-27-8-2-5-11-32(27)43-37)19-35(29)45-36-20-23(14-18-30(36)41)38-40-28-9-3-6-12-33(28)44-38/h1-25H;2*1-21H/i;1D,4D,7D,10D;. The summed E-state index contributed by atoms with van der Waals surface area (Å²) >= 11 is 3.44. The Morgan fingerprint density at radius 3 is 0.929 bits per heavy atom. The fourth-order valence-electron chi connectivity index (χ4n) is 19.2. The molecule has 0 bridgehead atoms. The quantitative estimate of drug-likeness (QED) is 0.124. The van der Waals surface area contributed by atoms with Crippen molar-refractivity contribution in [2.75, 3.05) is 14.7 Å². The first-order chi connectivity index (χ1) is 71.4. The number of furan rings is 3. The number of ether oxygens (including phenoxy) is 1. The first-order valence-electron chi connectivity index (χ1n) is 47.7. The van der Waals surface area contributed by atoms with Gasteiger partial charge >= 0.3 is 0 Å². The van der Waals surface area contributed by atoms with Gasteiger partial charge in [-0.25, -0.2) is 29.9 Å². The molecule has 12 heterocycles. The molecule has 28 aromatic rings. The molecule has 31 rings (SSSR count). The average Bonchev–Trinajstić information content (AvgIpc) is 1.64. The molecule has 0 amide bonds. The molecule has 0 fully saturated rings. The molecule has 664 valence electrons. The Kier molecular flexibility index (Phi) is 17.1. The maximum atomic E-state index is 8.55. The van der Waals surface area contributed by atoms with Gasteiger partial charge in [-0.15, -0.1) is 0 Å². The van der Waals surface area contributed by atoms with Crippen molar-refractivity contribution in [3.05, 3.63) is 406 Å². The number of benzene rings is 19. The van der Waals surface area contributed by atoms with Crippen LogP contribution in [0.2, 0.25) is 0 Å². The molecular formula is C120H67N9O10S2. The number of para-hydroxylation sites is 14.